The van der Waals surface area contributed by atoms with Crippen LogP contribution in [0, 0.1) is 0 Å². The van der Waals surface area contributed by atoms with E-state index in [2.05, 4.69) is 47.9 Å². The molecule has 32 heavy (non-hydrogen) atoms. The topological polar surface area (TPSA) is 45.2 Å². The maximum atomic E-state index is 13.0. The zero-order valence-electron chi connectivity index (χ0n) is 19.9. The molecule has 2 aromatic carbocycles. The number of fused-ring (bicyclic) bond motifs is 1. The molecule has 2 aliphatic rings. The van der Waals surface area contributed by atoms with Crippen molar-refractivity contribution in [2.24, 2.45) is 0 Å². The highest BCUT2D eigenvalue weighted by molar-refractivity contribution is 5.84. The molecule has 0 bridgehead atoms. The van der Waals surface area contributed by atoms with E-state index in [0.717, 1.165) is 48.3 Å². The van der Waals surface area contributed by atoms with Crippen molar-refractivity contribution in [3.05, 3.63) is 42.0 Å². The Hall–Kier alpha value is -2.15. The standard InChI is InChI=1S/C26H37N3O3/c1-19-14-28(15-20(2)32-19)17-24-6-5-11-29(24)18-26(30)27(3)16-21-7-8-23-13-25(31-4)10-9-22(23)12-21/h7-10,12-13,19-20,24H,5-6,11,14-18H2,1-4H3. The molecule has 0 aromatic heterocycles. The maximum Gasteiger partial charge on any atom is 0.236 e. The van der Waals surface area contributed by atoms with Crippen LogP contribution in [0.3, 0.4) is 0 Å². The lowest BCUT2D eigenvalue weighted by Gasteiger charge is -2.38. The predicted molar refractivity (Wildman–Crippen MR) is 128 cm³/mol. The Morgan fingerprint density at radius 2 is 1.84 bits per heavy atom. The van der Waals surface area contributed by atoms with Gasteiger partial charge in [0.05, 0.1) is 25.9 Å². The summed E-state index contributed by atoms with van der Waals surface area (Å²) in [6.07, 6.45) is 2.91. The van der Waals surface area contributed by atoms with Crippen molar-refractivity contribution in [2.45, 2.75) is 51.5 Å². The molecule has 2 aromatic rings. The second-order valence-corrected chi connectivity index (χ2v) is 9.54. The number of rotatable bonds is 7. The van der Waals surface area contributed by atoms with Crippen LogP contribution in [0.1, 0.15) is 32.3 Å². The Morgan fingerprint density at radius 3 is 2.59 bits per heavy atom. The van der Waals surface area contributed by atoms with Gasteiger partial charge in [0.15, 0.2) is 0 Å². The first-order valence-corrected chi connectivity index (χ1v) is 11.8. The van der Waals surface area contributed by atoms with Gasteiger partial charge in [-0.3, -0.25) is 14.6 Å². The molecule has 1 amide bonds. The number of benzene rings is 2. The Kier molecular flexibility index (Phi) is 7.33. The number of hydrogen-bond donors (Lipinski definition) is 0. The van der Waals surface area contributed by atoms with Gasteiger partial charge in [0.2, 0.25) is 5.91 Å². The van der Waals surface area contributed by atoms with Crippen LogP contribution in [0.5, 0.6) is 5.75 Å². The number of methoxy groups -OCH3 is 1. The fourth-order valence-corrected chi connectivity index (χ4v) is 5.20. The summed E-state index contributed by atoms with van der Waals surface area (Å²) < 4.78 is 11.2. The van der Waals surface area contributed by atoms with E-state index in [1.54, 1.807) is 7.11 Å². The molecular formula is C26H37N3O3. The number of carbonyl (C=O) groups is 1. The van der Waals surface area contributed by atoms with E-state index in [4.69, 9.17) is 9.47 Å². The van der Waals surface area contributed by atoms with E-state index in [1.807, 2.05) is 24.1 Å². The first-order chi connectivity index (χ1) is 15.4. The molecule has 2 heterocycles. The molecule has 4 rings (SSSR count). The maximum absolute atomic E-state index is 13.0. The zero-order valence-corrected chi connectivity index (χ0v) is 19.9. The third-order valence-electron chi connectivity index (χ3n) is 6.76. The average molecular weight is 440 g/mol. The van der Waals surface area contributed by atoms with Gasteiger partial charge in [-0.15, -0.1) is 0 Å². The van der Waals surface area contributed by atoms with Gasteiger partial charge in [0.1, 0.15) is 5.75 Å². The molecular weight excluding hydrogens is 402 g/mol. The number of carbonyl (C=O) groups excluding carboxylic acids is 1. The zero-order chi connectivity index (χ0) is 22.7. The fourth-order valence-electron chi connectivity index (χ4n) is 5.20. The summed E-state index contributed by atoms with van der Waals surface area (Å²) in [4.78, 5) is 19.8. The Balaban J connectivity index is 1.33. The van der Waals surface area contributed by atoms with Crippen molar-refractivity contribution in [1.82, 2.24) is 14.7 Å². The summed E-state index contributed by atoms with van der Waals surface area (Å²) in [5.41, 5.74) is 1.15. The monoisotopic (exact) mass is 439 g/mol. The minimum Gasteiger partial charge on any atom is -0.497 e. The quantitative estimate of drug-likeness (QED) is 0.662. The van der Waals surface area contributed by atoms with Crippen molar-refractivity contribution in [2.75, 3.05) is 46.9 Å². The molecule has 0 N–H and O–H groups in total. The second kappa shape index (κ2) is 10.2. The van der Waals surface area contributed by atoms with Crippen LogP contribution in [0.2, 0.25) is 0 Å². The third-order valence-corrected chi connectivity index (χ3v) is 6.76. The van der Waals surface area contributed by atoms with Crippen molar-refractivity contribution in [3.8, 4) is 5.75 Å². The molecule has 0 spiro atoms. The molecule has 3 unspecified atom stereocenters. The minimum atomic E-state index is 0.190. The molecule has 2 aliphatic heterocycles. The van der Waals surface area contributed by atoms with Crippen molar-refractivity contribution < 1.29 is 14.3 Å². The normalized spacial score (nSPS) is 24.7. The number of ether oxygens (including phenoxy) is 2. The molecule has 174 valence electrons. The molecule has 0 saturated carbocycles. The minimum absolute atomic E-state index is 0.190. The lowest BCUT2D eigenvalue weighted by molar-refractivity contribution is -0.132. The van der Waals surface area contributed by atoms with E-state index >= 15 is 0 Å². The van der Waals surface area contributed by atoms with E-state index in [9.17, 15) is 4.79 Å². The fraction of sp³-hybridized carbons (Fsp3) is 0.577. The third kappa shape index (κ3) is 5.61. The number of likely N-dealkylation sites (N-methyl/N-ethyl adjacent to an activating group) is 1. The molecule has 6 nitrogen and oxygen atoms in total. The number of hydrogen-bond acceptors (Lipinski definition) is 5. The highest BCUT2D eigenvalue weighted by Crippen LogP contribution is 2.23. The number of amides is 1. The van der Waals surface area contributed by atoms with Gasteiger partial charge in [-0.05, 0) is 67.8 Å². The van der Waals surface area contributed by atoms with Crippen LogP contribution in [0.4, 0.5) is 0 Å². The Morgan fingerprint density at radius 1 is 1.12 bits per heavy atom. The van der Waals surface area contributed by atoms with Crippen LogP contribution in [-0.4, -0.2) is 85.7 Å². The summed E-state index contributed by atoms with van der Waals surface area (Å²) in [5, 5.41) is 2.31. The molecule has 0 aliphatic carbocycles. The van der Waals surface area contributed by atoms with Crippen molar-refractivity contribution in [3.63, 3.8) is 0 Å². The number of likely N-dealkylation sites (tertiary alicyclic amines) is 1. The Bertz CT molecular complexity index is 924. The molecule has 6 heteroatoms. The first-order valence-electron chi connectivity index (χ1n) is 11.8. The van der Waals surface area contributed by atoms with Gasteiger partial charge in [-0.1, -0.05) is 18.2 Å². The highest BCUT2D eigenvalue weighted by Gasteiger charge is 2.31. The van der Waals surface area contributed by atoms with Crippen LogP contribution >= 0.6 is 0 Å². The summed E-state index contributed by atoms with van der Waals surface area (Å²) in [6, 6.07) is 12.9. The first kappa shape index (κ1) is 23.0. The summed E-state index contributed by atoms with van der Waals surface area (Å²) in [7, 11) is 3.60. The summed E-state index contributed by atoms with van der Waals surface area (Å²) in [5.74, 6) is 1.05. The predicted octanol–water partition coefficient (Wildman–Crippen LogP) is 3.38. The van der Waals surface area contributed by atoms with E-state index in [0.29, 0.717) is 19.1 Å². The summed E-state index contributed by atoms with van der Waals surface area (Å²) >= 11 is 0. The van der Waals surface area contributed by atoms with Gasteiger partial charge in [-0.2, -0.15) is 0 Å². The van der Waals surface area contributed by atoms with Gasteiger partial charge in [0, 0.05) is 39.3 Å². The van der Waals surface area contributed by atoms with Gasteiger partial charge < -0.3 is 14.4 Å². The van der Waals surface area contributed by atoms with Gasteiger partial charge >= 0.3 is 0 Å². The lowest BCUT2D eigenvalue weighted by atomic mass is 10.1. The van der Waals surface area contributed by atoms with E-state index in [-0.39, 0.29) is 18.1 Å². The number of morpholine rings is 1. The smallest absolute Gasteiger partial charge is 0.236 e. The van der Waals surface area contributed by atoms with Crippen LogP contribution in [-0.2, 0) is 16.1 Å². The molecule has 0 radical (unpaired) electrons. The number of nitrogens with zero attached hydrogens (tertiary/aromatic N) is 3. The largest absolute Gasteiger partial charge is 0.497 e. The van der Waals surface area contributed by atoms with Crippen molar-refractivity contribution >= 4 is 16.7 Å². The Labute approximate surface area is 192 Å². The second-order valence-electron chi connectivity index (χ2n) is 9.54. The molecule has 2 fully saturated rings. The van der Waals surface area contributed by atoms with Gasteiger partial charge in [-0.25, -0.2) is 0 Å². The van der Waals surface area contributed by atoms with Crippen LogP contribution in [0.15, 0.2) is 36.4 Å². The summed E-state index contributed by atoms with van der Waals surface area (Å²) in [6.45, 7) is 9.43. The van der Waals surface area contributed by atoms with Crippen LogP contribution < -0.4 is 4.74 Å². The molecule has 2 saturated heterocycles. The van der Waals surface area contributed by atoms with Crippen molar-refractivity contribution in [1.29, 1.82) is 0 Å². The highest BCUT2D eigenvalue weighted by atomic mass is 16.5. The molecule has 3 atom stereocenters. The van der Waals surface area contributed by atoms with E-state index < -0.39 is 0 Å². The average Bonchev–Trinajstić information content (AvgIpc) is 3.18. The van der Waals surface area contributed by atoms with Gasteiger partial charge in [0.25, 0.3) is 0 Å². The van der Waals surface area contributed by atoms with Crippen LogP contribution in [0.25, 0.3) is 10.8 Å². The van der Waals surface area contributed by atoms with E-state index in [1.165, 1.54) is 12.8 Å². The SMILES string of the molecule is COc1ccc2cc(CN(C)C(=O)CN3CCCC3CN3CC(C)OC(C)C3)ccc2c1. The lowest BCUT2D eigenvalue weighted by Crippen LogP contribution is -2.51.